The maximum atomic E-state index is 11.8. The second-order valence-corrected chi connectivity index (χ2v) is 6.88. The van der Waals surface area contributed by atoms with Crippen LogP contribution < -0.4 is 20.3 Å². The average Bonchev–Trinajstić information content (AvgIpc) is 2.77. The normalized spacial score (nSPS) is 10.2. The number of nitriles is 1. The van der Waals surface area contributed by atoms with Crippen molar-refractivity contribution < 1.29 is 9.53 Å². The predicted molar refractivity (Wildman–Crippen MR) is 121 cm³/mol. The van der Waals surface area contributed by atoms with Gasteiger partial charge in [-0.25, -0.2) is 4.98 Å². The molecule has 0 bridgehead atoms. The molecule has 0 aliphatic heterocycles. The number of nitrogens with zero attached hydrogens (tertiary/aromatic N) is 4. The maximum absolute atomic E-state index is 11.8. The molecule has 0 radical (unpaired) electrons. The highest BCUT2D eigenvalue weighted by Gasteiger charge is 2.13. The van der Waals surface area contributed by atoms with Gasteiger partial charge in [-0.15, -0.1) is 0 Å². The summed E-state index contributed by atoms with van der Waals surface area (Å²) in [7, 11) is 1.60. The number of carbonyl (C=O) groups excluding carboxylic acids is 1. The maximum Gasteiger partial charge on any atom is 0.229 e. The van der Waals surface area contributed by atoms with Gasteiger partial charge in [0, 0.05) is 24.8 Å². The molecule has 2 aromatic carbocycles. The third kappa shape index (κ3) is 5.21. The number of rotatable bonds is 7. The van der Waals surface area contributed by atoms with E-state index in [0.717, 1.165) is 11.4 Å². The first-order chi connectivity index (χ1) is 14.9. The summed E-state index contributed by atoms with van der Waals surface area (Å²) in [4.78, 5) is 22.0. The minimum Gasteiger partial charge on any atom is -0.497 e. The number of benzene rings is 2. The summed E-state index contributed by atoms with van der Waals surface area (Å²) in [5.74, 6) is 1.32. The van der Waals surface area contributed by atoms with Gasteiger partial charge in [0.15, 0.2) is 5.82 Å². The van der Waals surface area contributed by atoms with Gasteiger partial charge in [-0.05, 0) is 49.4 Å². The van der Waals surface area contributed by atoms with Crippen LogP contribution in [0.1, 0.15) is 19.4 Å². The van der Waals surface area contributed by atoms with E-state index < -0.39 is 0 Å². The lowest BCUT2D eigenvalue weighted by atomic mass is 10.1. The minimum absolute atomic E-state index is 0.0950. The van der Waals surface area contributed by atoms with Crippen LogP contribution in [-0.2, 0) is 4.79 Å². The lowest BCUT2D eigenvalue weighted by Gasteiger charge is -2.20. The van der Waals surface area contributed by atoms with Crippen LogP contribution in [0.4, 0.5) is 28.8 Å². The molecule has 0 saturated heterocycles. The standard InChI is InChI=1S/C22H21ClN6O2/c1-4-29(14(2)30)17-7-10-20(15(11-17)12-24)27-22-25-13-19(23)21(28-22)26-16-5-8-18(31-3)9-6-16/h5-11,13H,4H2,1-3H3,(H2,25,26,27,28). The third-order valence-electron chi connectivity index (χ3n) is 4.47. The van der Waals surface area contributed by atoms with Crippen LogP contribution in [0.25, 0.3) is 0 Å². The van der Waals surface area contributed by atoms with Crippen LogP contribution in [0.5, 0.6) is 5.75 Å². The van der Waals surface area contributed by atoms with Crippen LogP contribution in [-0.4, -0.2) is 29.5 Å². The molecule has 0 atom stereocenters. The zero-order chi connectivity index (χ0) is 22.4. The van der Waals surface area contributed by atoms with Gasteiger partial charge < -0.3 is 20.3 Å². The number of nitrogens with one attached hydrogen (secondary N) is 2. The predicted octanol–water partition coefficient (Wildman–Crippen LogP) is 4.87. The highest BCUT2D eigenvalue weighted by atomic mass is 35.5. The Morgan fingerprint density at radius 2 is 1.97 bits per heavy atom. The van der Waals surface area contributed by atoms with E-state index in [1.807, 2.05) is 31.2 Å². The summed E-state index contributed by atoms with van der Waals surface area (Å²) in [5, 5.41) is 16.1. The molecule has 3 aromatic rings. The van der Waals surface area contributed by atoms with Crippen LogP contribution in [0.15, 0.2) is 48.7 Å². The minimum atomic E-state index is -0.0950. The largest absolute Gasteiger partial charge is 0.497 e. The van der Waals surface area contributed by atoms with E-state index in [2.05, 4.69) is 26.7 Å². The number of amides is 1. The summed E-state index contributed by atoms with van der Waals surface area (Å²) < 4.78 is 5.16. The van der Waals surface area contributed by atoms with Gasteiger partial charge in [0.1, 0.15) is 16.8 Å². The molecule has 0 spiro atoms. The van der Waals surface area contributed by atoms with E-state index in [0.29, 0.717) is 34.3 Å². The zero-order valence-electron chi connectivity index (χ0n) is 17.3. The van der Waals surface area contributed by atoms with Crippen molar-refractivity contribution in [1.82, 2.24) is 9.97 Å². The second kappa shape index (κ2) is 9.78. The first kappa shape index (κ1) is 21.9. The Bertz CT molecular complexity index is 1130. The molecule has 31 heavy (non-hydrogen) atoms. The molecule has 1 aromatic heterocycles. The molecule has 8 nitrogen and oxygen atoms in total. The van der Waals surface area contributed by atoms with Crippen LogP contribution in [0, 0.1) is 11.3 Å². The summed E-state index contributed by atoms with van der Waals surface area (Å²) in [5.41, 5.74) is 2.30. The molecule has 3 rings (SSSR count). The SMILES string of the molecule is CCN(C(C)=O)c1ccc(Nc2ncc(Cl)c(Nc3ccc(OC)cc3)n2)c(C#N)c1. The van der Waals surface area contributed by atoms with E-state index in [1.165, 1.54) is 13.1 Å². The third-order valence-corrected chi connectivity index (χ3v) is 4.75. The molecule has 9 heteroatoms. The highest BCUT2D eigenvalue weighted by Crippen LogP contribution is 2.28. The lowest BCUT2D eigenvalue weighted by Crippen LogP contribution is -2.27. The fraction of sp³-hybridized carbons (Fsp3) is 0.182. The molecule has 158 valence electrons. The molecular weight excluding hydrogens is 416 g/mol. The van der Waals surface area contributed by atoms with Crippen molar-refractivity contribution in [3.63, 3.8) is 0 Å². The van der Waals surface area contributed by atoms with Gasteiger partial charge >= 0.3 is 0 Å². The summed E-state index contributed by atoms with van der Waals surface area (Å²) in [6, 6.07) is 14.6. The van der Waals surface area contributed by atoms with Crippen molar-refractivity contribution >= 4 is 46.3 Å². The monoisotopic (exact) mass is 436 g/mol. The van der Waals surface area contributed by atoms with E-state index >= 15 is 0 Å². The number of hydrogen-bond acceptors (Lipinski definition) is 7. The Morgan fingerprint density at radius 3 is 2.58 bits per heavy atom. The summed E-state index contributed by atoms with van der Waals surface area (Å²) in [6.45, 7) is 3.87. The van der Waals surface area contributed by atoms with Crippen molar-refractivity contribution in [2.45, 2.75) is 13.8 Å². The van der Waals surface area contributed by atoms with Gasteiger partial charge in [0.25, 0.3) is 0 Å². The Balaban J connectivity index is 1.84. The van der Waals surface area contributed by atoms with Crippen LogP contribution in [0.2, 0.25) is 5.02 Å². The lowest BCUT2D eigenvalue weighted by molar-refractivity contribution is -0.116. The fourth-order valence-corrected chi connectivity index (χ4v) is 3.07. The topological polar surface area (TPSA) is 103 Å². The van der Waals surface area contributed by atoms with Crippen molar-refractivity contribution in [2.75, 3.05) is 29.2 Å². The molecule has 1 amide bonds. The molecular formula is C22H21ClN6O2. The summed E-state index contributed by atoms with van der Waals surface area (Å²) in [6.07, 6.45) is 1.47. The van der Waals surface area contributed by atoms with Crippen molar-refractivity contribution in [3.05, 3.63) is 59.2 Å². The number of ether oxygens (including phenoxy) is 1. The smallest absolute Gasteiger partial charge is 0.229 e. The molecule has 0 aliphatic carbocycles. The Morgan fingerprint density at radius 1 is 1.23 bits per heavy atom. The first-order valence-corrected chi connectivity index (χ1v) is 9.85. The van der Waals surface area contributed by atoms with Crippen molar-refractivity contribution in [2.24, 2.45) is 0 Å². The Labute approximate surface area is 185 Å². The van der Waals surface area contributed by atoms with E-state index in [1.54, 1.807) is 30.2 Å². The van der Waals surface area contributed by atoms with E-state index in [-0.39, 0.29) is 11.9 Å². The van der Waals surface area contributed by atoms with E-state index in [9.17, 15) is 10.1 Å². The number of aromatic nitrogens is 2. The second-order valence-electron chi connectivity index (χ2n) is 6.47. The van der Waals surface area contributed by atoms with Crippen LogP contribution in [0.3, 0.4) is 0 Å². The molecule has 0 fully saturated rings. The van der Waals surface area contributed by atoms with Gasteiger partial charge in [-0.1, -0.05) is 11.6 Å². The average molecular weight is 437 g/mol. The highest BCUT2D eigenvalue weighted by molar-refractivity contribution is 6.32. The van der Waals surface area contributed by atoms with Gasteiger partial charge in [0.2, 0.25) is 11.9 Å². The number of anilines is 5. The molecule has 0 unspecified atom stereocenters. The first-order valence-electron chi connectivity index (χ1n) is 9.48. The number of halogens is 1. The van der Waals surface area contributed by atoms with Crippen molar-refractivity contribution in [1.29, 1.82) is 5.26 Å². The van der Waals surface area contributed by atoms with Crippen molar-refractivity contribution in [3.8, 4) is 11.8 Å². The molecule has 0 aliphatic rings. The molecule has 0 saturated carbocycles. The Hall–Kier alpha value is -3.83. The number of hydrogen-bond donors (Lipinski definition) is 2. The quantitative estimate of drug-likeness (QED) is 0.544. The number of methoxy groups -OCH3 is 1. The van der Waals surface area contributed by atoms with Gasteiger partial charge in [-0.3, -0.25) is 4.79 Å². The van der Waals surface area contributed by atoms with Crippen LogP contribution >= 0.6 is 11.6 Å². The summed E-state index contributed by atoms with van der Waals surface area (Å²) >= 11 is 6.24. The molecule has 1 heterocycles. The number of carbonyl (C=O) groups is 1. The fourth-order valence-electron chi connectivity index (χ4n) is 2.94. The Kier molecular flexibility index (Phi) is 6.90. The van der Waals surface area contributed by atoms with Gasteiger partial charge in [0.05, 0.1) is 24.6 Å². The molecule has 2 N–H and O–H groups in total. The van der Waals surface area contributed by atoms with Gasteiger partial charge in [-0.2, -0.15) is 10.2 Å². The van der Waals surface area contributed by atoms with E-state index in [4.69, 9.17) is 16.3 Å². The zero-order valence-corrected chi connectivity index (χ0v) is 18.1.